The lowest BCUT2D eigenvalue weighted by atomic mass is 10.2. The van der Waals surface area contributed by atoms with Crippen LogP contribution in [0, 0.1) is 0 Å². The number of anilines is 1. The Labute approximate surface area is 129 Å². The Hall–Kier alpha value is -1.53. The average Bonchev–Trinajstić information content (AvgIpc) is 2.84. The zero-order valence-corrected chi connectivity index (χ0v) is 13.3. The molecule has 2 N–H and O–H groups in total. The molecule has 0 fully saturated rings. The fourth-order valence-corrected chi connectivity index (χ4v) is 3.06. The van der Waals surface area contributed by atoms with E-state index in [4.69, 9.17) is 15.2 Å². The SMILES string of the molecule is CCOc1c(N)cccc1C(=O)OCc1ccc(Br)s1. The molecule has 2 aromatic rings. The number of para-hydroxylation sites is 1. The van der Waals surface area contributed by atoms with Gasteiger partial charge in [0.05, 0.1) is 16.1 Å². The average molecular weight is 356 g/mol. The van der Waals surface area contributed by atoms with Gasteiger partial charge in [-0.15, -0.1) is 11.3 Å². The van der Waals surface area contributed by atoms with Crippen molar-refractivity contribution >= 4 is 38.9 Å². The van der Waals surface area contributed by atoms with Crippen molar-refractivity contribution in [2.24, 2.45) is 0 Å². The van der Waals surface area contributed by atoms with E-state index in [0.29, 0.717) is 23.6 Å². The highest BCUT2D eigenvalue weighted by Gasteiger charge is 2.16. The Bertz CT molecular complexity index is 612. The van der Waals surface area contributed by atoms with Crippen LogP contribution in [0.1, 0.15) is 22.2 Å². The van der Waals surface area contributed by atoms with Crippen LogP contribution in [0.15, 0.2) is 34.1 Å². The van der Waals surface area contributed by atoms with Gasteiger partial charge in [0.25, 0.3) is 0 Å². The van der Waals surface area contributed by atoms with Gasteiger partial charge in [-0.05, 0) is 47.1 Å². The van der Waals surface area contributed by atoms with Crippen LogP contribution in [-0.4, -0.2) is 12.6 Å². The molecular formula is C14H14BrNO3S. The minimum absolute atomic E-state index is 0.232. The topological polar surface area (TPSA) is 61.5 Å². The lowest BCUT2D eigenvalue weighted by Gasteiger charge is -2.11. The number of hydrogen-bond acceptors (Lipinski definition) is 5. The summed E-state index contributed by atoms with van der Waals surface area (Å²) < 4.78 is 11.7. The van der Waals surface area contributed by atoms with Crippen molar-refractivity contribution in [3.63, 3.8) is 0 Å². The third-order valence-electron chi connectivity index (χ3n) is 2.53. The van der Waals surface area contributed by atoms with Crippen LogP contribution in [0.25, 0.3) is 0 Å². The molecule has 0 amide bonds. The molecule has 4 nitrogen and oxygen atoms in total. The lowest BCUT2D eigenvalue weighted by molar-refractivity contribution is 0.0472. The van der Waals surface area contributed by atoms with E-state index < -0.39 is 5.97 Å². The Balaban J connectivity index is 2.10. The van der Waals surface area contributed by atoms with Crippen LogP contribution in [0.2, 0.25) is 0 Å². The van der Waals surface area contributed by atoms with Crippen molar-refractivity contribution in [2.75, 3.05) is 12.3 Å². The summed E-state index contributed by atoms with van der Waals surface area (Å²) in [6, 6.07) is 8.87. The Morgan fingerprint density at radius 3 is 2.80 bits per heavy atom. The predicted octanol–water partition coefficient (Wildman–Crippen LogP) is 3.85. The molecule has 20 heavy (non-hydrogen) atoms. The first-order valence-electron chi connectivity index (χ1n) is 6.04. The molecule has 106 valence electrons. The van der Waals surface area contributed by atoms with Gasteiger partial charge in [0.1, 0.15) is 12.2 Å². The molecular weight excluding hydrogens is 342 g/mol. The van der Waals surface area contributed by atoms with Gasteiger partial charge < -0.3 is 15.2 Å². The number of hydrogen-bond donors (Lipinski definition) is 1. The number of carbonyl (C=O) groups is 1. The van der Waals surface area contributed by atoms with Crippen LogP contribution in [0.4, 0.5) is 5.69 Å². The standard InChI is InChI=1S/C14H14BrNO3S/c1-2-18-13-10(4-3-5-11(13)16)14(17)19-8-9-6-7-12(15)20-9/h3-7H,2,8,16H2,1H3. The van der Waals surface area contributed by atoms with Gasteiger partial charge in [-0.1, -0.05) is 6.07 Å². The van der Waals surface area contributed by atoms with E-state index in [1.54, 1.807) is 18.2 Å². The minimum Gasteiger partial charge on any atom is -0.491 e. The van der Waals surface area contributed by atoms with E-state index in [2.05, 4.69) is 15.9 Å². The summed E-state index contributed by atoms with van der Waals surface area (Å²) in [5.41, 5.74) is 6.60. The second kappa shape index (κ2) is 6.76. The lowest BCUT2D eigenvalue weighted by Crippen LogP contribution is -2.09. The van der Waals surface area contributed by atoms with Crippen molar-refractivity contribution in [1.29, 1.82) is 0 Å². The highest BCUT2D eigenvalue weighted by molar-refractivity contribution is 9.11. The summed E-state index contributed by atoms with van der Waals surface area (Å²) >= 11 is 4.89. The van der Waals surface area contributed by atoms with Crippen molar-refractivity contribution < 1.29 is 14.3 Å². The maximum absolute atomic E-state index is 12.1. The van der Waals surface area contributed by atoms with E-state index >= 15 is 0 Å². The zero-order chi connectivity index (χ0) is 14.5. The van der Waals surface area contributed by atoms with Gasteiger partial charge in [-0.3, -0.25) is 0 Å². The molecule has 2 rings (SSSR count). The van der Waals surface area contributed by atoms with Crippen molar-refractivity contribution in [3.05, 3.63) is 44.6 Å². The summed E-state index contributed by atoms with van der Waals surface area (Å²) in [6.45, 7) is 2.51. The van der Waals surface area contributed by atoms with E-state index in [1.807, 2.05) is 19.1 Å². The van der Waals surface area contributed by atoms with Crippen LogP contribution < -0.4 is 10.5 Å². The Morgan fingerprint density at radius 1 is 1.35 bits per heavy atom. The quantitative estimate of drug-likeness (QED) is 0.653. The highest BCUT2D eigenvalue weighted by atomic mass is 79.9. The van der Waals surface area contributed by atoms with Crippen molar-refractivity contribution in [2.45, 2.75) is 13.5 Å². The van der Waals surface area contributed by atoms with Crippen molar-refractivity contribution in [3.8, 4) is 5.75 Å². The summed E-state index contributed by atoms with van der Waals surface area (Å²) in [5, 5.41) is 0. The zero-order valence-electron chi connectivity index (χ0n) is 10.9. The molecule has 1 heterocycles. The number of nitrogens with two attached hydrogens (primary N) is 1. The number of benzene rings is 1. The molecule has 0 bridgehead atoms. The number of thiophene rings is 1. The summed E-state index contributed by atoms with van der Waals surface area (Å²) in [4.78, 5) is 13.1. The Morgan fingerprint density at radius 2 is 2.15 bits per heavy atom. The molecule has 0 aliphatic rings. The fraction of sp³-hybridized carbons (Fsp3) is 0.214. The molecule has 0 spiro atoms. The van der Waals surface area contributed by atoms with Gasteiger partial charge in [0.2, 0.25) is 0 Å². The molecule has 0 saturated carbocycles. The number of esters is 1. The van der Waals surface area contributed by atoms with E-state index in [0.717, 1.165) is 8.66 Å². The van der Waals surface area contributed by atoms with Gasteiger partial charge in [-0.25, -0.2) is 4.79 Å². The second-order valence-corrected chi connectivity index (χ2v) is 6.49. The van der Waals surface area contributed by atoms with Crippen molar-refractivity contribution in [1.82, 2.24) is 0 Å². The van der Waals surface area contributed by atoms with Gasteiger partial charge >= 0.3 is 5.97 Å². The number of carbonyl (C=O) groups excluding carboxylic acids is 1. The van der Waals surface area contributed by atoms with Crippen LogP contribution >= 0.6 is 27.3 Å². The molecule has 0 aliphatic heterocycles. The first-order chi connectivity index (χ1) is 9.61. The van der Waals surface area contributed by atoms with E-state index in [-0.39, 0.29) is 6.61 Å². The monoisotopic (exact) mass is 355 g/mol. The van der Waals surface area contributed by atoms with Gasteiger partial charge in [-0.2, -0.15) is 0 Å². The van der Waals surface area contributed by atoms with Crippen LogP contribution in [-0.2, 0) is 11.3 Å². The predicted molar refractivity (Wildman–Crippen MR) is 83.2 cm³/mol. The first-order valence-corrected chi connectivity index (χ1v) is 7.65. The molecule has 0 aliphatic carbocycles. The summed E-state index contributed by atoms with van der Waals surface area (Å²) in [7, 11) is 0. The molecule has 6 heteroatoms. The van der Waals surface area contributed by atoms with Gasteiger partial charge in [0.15, 0.2) is 5.75 Å². The third kappa shape index (κ3) is 3.52. The molecule has 1 aromatic carbocycles. The van der Waals surface area contributed by atoms with Crippen LogP contribution in [0.5, 0.6) is 5.75 Å². The largest absolute Gasteiger partial charge is 0.491 e. The minimum atomic E-state index is -0.440. The maximum Gasteiger partial charge on any atom is 0.342 e. The van der Waals surface area contributed by atoms with Crippen LogP contribution in [0.3, 0.4) is 0 Å². The van der Waals surface area contributed by atoms with Gasteiger partial charge in [0, 0.05) is 4.88 Å². The highest BCUT2D eigenvalue weighted by Crippen LogP contribution is 2.28. The number of halogens is 1. The second-order valence-electron chi connectivity index (χ2n) is 3.94. The number of ether oxygens (including phenoxy) is 2. The number of rotatable bonds is 5. The Kier molecular flexibility index (Phi) is 5.03. The maximum atomic E-state index is 12.1. The molecule has 0 atom stereocenters. The number of nitrogen functional groups attached to an aromatic ring is 1. The summed E-state index contributed by atoms with van der Waals surface area (Å²) in [6.07, 6.45) is 0. The molecule has 0 radical (unpaired) electrons. The first kappa shape index (κ1) is 14.9. The molecule has 1 aromatic heterocycles. The van der Waals surface area contributed by atoms with E-state index in [9.17, 15) is 4.79 Å². The smallest absolute Gasteiger partial charge is 0.342 e. The molecule has 0 unspecified atom stereocenters. The summed E-state index contributed by atoms with van der Waals surface area (Å²) in [5.74, 6) is -0.0577. The molecule has 0 saturated heterocycles. The normalized spacial score (nSPS) is 10.3. The fourth-order valence-electron chi connectivity index (χ4n) is 1.66. The van der Waals surface area contributed by atoms with E-state index in [1.165, 1.54) is 11.3 Å². The third-order valence-corrected chi connectivity index (χ3v) is 4.13.